The molecule has 1 fully saturated rings. The van der Waals surface area contributed by atoms with Crippen LogP contribution in [0.4, 0.5) is 5.82 Å². The average Bonchev–Trinajstić information content (AvgIpc) is 2.70. The minimum absolute atomic E-state index is 0.514. The molecule has 1 aliphatic heterocycles. The lowest BCUT2D eigenvalue weighted by molar-refractivity contribution is 0.550. The zero-order valence-corrected chi connectivity index (χ0v) is 14.2. The highest BCUT2D eigenvalue weighted by molar-refractivity contribution is 5.48. The molecule has 1 aromatic rings. The van der Waals surface area contributed by atoms with E-state index in [1.54, 1.807) is 0 Å². The van der Waals surface area contributed by atoms with Crippen LogP contribution in [0.1, 0.15) is 64.0 Å². The number of nitrogens with zero attached hydrogens (tertiary/aromatic N) is 2. The van der Waals surface area contributed by atoms with Crippen LogP contribution in [0.5, 0.6) is 0 Å². The number of aryl methyl sites for hydroxylation is 1. The molecule has 0 bridgehead atoms. The third-order valence-electron chi connectivity index (χ3n) is 4.44. The Morgan fingerprint density at radius 2 is 2.14 bits per heavy atom. The minimum Gasteiger partial charge on any atom is -0.353 e. The van der Waals surface area contributed by atoms with E-state index in [4.69, 9.17) is 4.98 Å². The fraction of sp³-hybridized carbons (Fsp3) is 0.722. The Labute approximate surface area is 130 Å². The van der Waals surface area contributed by atoms with E-state index in [-0.39, 0.29) is 0 Å². The molecule has 1 saturated heterocycles. The van der Waals surface area contributed by atoms with Crippen molar-refractivity contribution in [1.29, 1.82) is 0 Å². The molecule has 1 atom stereocenters. The summed E-state index contributed by atoms with van der Waals surface area (Å²) in [7, 11) is 0. The van der Waals surface area contributed by atoms with Gasteiger partial charge < -0.3 is 10.2 Å². The van der Waals surface area contributed by atoms with E-state index in [1.165, 1.54) is 49.0 Å². The number of hydrogen-bond acceptors (Lipinski definition) is 3. The van der Waals surface area contributed by atoms with Crippen LogP contribution in [-0.4, -0.2) is 23.6 Å². The minimum atomic E-state index is 0.514. The maximum Gasteiger partial charge on any atom is 0.131 e. The first-order valence-corrected chi connectivity index (χ1v) is 8.57. The van der Waals surface area contributed by atoms with Crippen LogP contribution in [0, 0.1) is 6.92 Å². The summed E-state index contributed by atoms with van der Waals surface area (Å²) < 4.78 is 0. The van der Waals surface area contributed by atoms with E-state index >= 15 is 0 Å². The molecule has 3 nitrogen and oxygen atoms in total. The molecule has 0 amide bonds. The topological polar surface area (TPSA) is 28.2 Å². The molecule has 0 saturated carbocycles. The maximum absolute atomic E-state index is 4.81. The van der Waals surface area contributed by atoms with Gasteiger partial charge in [-0.1, -0.05) is 33.6 Å². The predicted molar refractivity (Wildman–Crippen MR) is 90.8 cm³/mol. The summed E-state index contributed by atoms with van der Waals surface area (Å²) in [5.41, 5.74) is 2.60. The van der Waals surface area contributed by atoms with Gasteiger partial charge >= 0.3 is 0 Å². The molecule has 0 aromatic carbocycles. The van der Waals surface area contributed by atoms with Crippen molar-refractivity contribution in [2.45, 2.75) is 78.4 Å². The molecule has 2 heterocycles. The van der Waals surface area contributed by atoms with Crippen molar-refractivity contribution in [1.82, 2.24) is 10.3 Å². The van der Waals surface area contributed by atoms with Gasteiger partial charge in [0.15, 0.2) is 0 Å². The van der Waals surface area contributed by atoms with Crippen LogP contribution in [0.3, 0.4) is 0 Å². The second-order valence-electron chi connectivity index (χ2n) is 6.62. The van der Waals surface area contributed by atoms with E-state index in [0.29, 0.717) is 12.1 Å². The SMILES string of the molecule is CCC1CCCCCN1c1ncc(CNC(C)C)cc1C. The van der Waals surface area contributed by atoms with Crippen molar-refractivity contribution in [3.8, 4) is 0 Å². The van der Waals surface area contributed by atoms with E-state index in [1.807, 2.05) is 0 Å². The largest absolute Gasteiger partial charge is 0.353 e. The predicted octanol–water partition coefficient (Wildman–Crippen LogP) is 4.05. The van der Waals surface area contributed by atoms with E-state index < -0.39 is 0 Å². The molecule has 21 heavy (non-hydrogen) atoms. The first kappa shape index (κ1) is 16.3. The summed E-state index contributed by atoms with van der Waals surface area (Å²) >= 11 is 0. The monoisotopic (exact) mass is 289 g/mol. The zero-order valence-electron chi connectivity index (χ0n) is 14.2. The van der Waals surface area contributed by atoms with Crippen molar-refractivity contribution in [2.24, 2.45) is 0 Å². The normalized spacial score (nSPS) is 19.9. The van der Waals surface area contributed by atoms with Crippen molar-refractivity contribution in [2.75, 3.05) is 11.4 Å². The Hall–Kier alpha value is -1.09. The van der Waals surface area contributed by atoms with Crippen molar-refractivity contribution in [3.63, 3.8) is 0 Å². The van der Waals surface area contributed by atoms with Gasteiger partial charge in [0.1, 0.15) is 5.82 Å². The quantitative estimate of drug-likeness (QED) is 0.886. The smallest absolute Gasteiger partial charge is 0.131 e. The van der Waals surface area contributed by atoms with Crippen LogP contribution in [0.2, 0.25) is 0 Å². The summed E-state index contributed by atoms with van der Waals surface area (Å²) in [4.78, 5) is 7.36. The molecule has 118 valence electrons. The molecule has 0 spiro atoms. The molecule has 0 radical (unpaired) electrons. The van der Waals surface area contributed by atoms with Crippen LogP contribution in [-0.2, 0) is 6.54 Å². The number of anilines is 1. The van der Waals surface area contributed by atoms with Gasteiger partial charge in [0, 0.05) is 31.4 Å². The van der Waals surface area contributed by atoms with Crippen molar-refractivity contribution < 1.29 is 0 Å². The molecule has 2 rings (SSSR count). The second-order valence-corrected chi connectivity index (χ2v) is 6.62. The molecule has 1 aromatic heterocycles. The molecule has 1 aliphatic rings. The van der Waals surface area contributed by atoms with Crippen molar-refractivity contribution >= 4 is 5.82 Å². The van der Waals surface area contributed by atoms with Crippen LogP contribution in [0.15, 0.2) is 12.3 Å². The van der Waals surface area contributed by atoms with Gasteiger partial charge in [-0.15, -0.1) is 0 Å². The number of pyridine rings is 1. The summed E-state index contributed by atoms with van der Waals surface area (Å²) in [6.45, 7) is 10.9. The highest BCUT2D eigenvalue weighted by Crippen LogP contribution is 2.27. The van der Waals surface area contributed by atoms with Gasteiger partial charge in [-0.25, -0.2) is 4.98 Å². The number of hydrogen-bond donors (Lipinski definition) is 1. The molecular weight excluding hydrogens is 258 g/mol. The highest BCUT2D eigenvalue weighted by atomic mass is 15.2. The summed E-state index contributed by atoms with van der Waals surface area (Å²) in [6, 6.07) is 3.48. The Balaban J connectivity index is 2.14. The van der Waals surface area contributed by atoms with Crippen LogP contribution >= 0.6 is 0 Å². The summed E-state index contributed by atoms with van der Waals surface area (Å²) in [5.74, 6) is 1.21. The molecular formula is C18H31N3. The van der Waals surface area contributed by atoms with Gasteiger partial charge in [0.25, 0.3) is 0 Å². The van der Waals surface area contributed by atoms with Crippen LogP contribution < -0.4 is 10.2 Å². The fourth-order valence-corrected chi connectivity index (χ4v) is 3.23. The first-order chi connectivity index (χ1) is 10.1. The zero-order chi connectivity index (χ0) is 15.2. The summed E-state index contributed by atoms with van der Waals surface area (Å²) in [5, 5.41) is 3.46. The van der Waals surface area contributed by atoms with Crippen LogP contribution in [0.25, 0.3) is 0 Å². The molecule has 0 aliphatic carbocycles. The first-order valence-electron chi connectivity index (χ1n) is 8.57. The standard InChI is InChI=1S/C18H31N3/c1-5-17-9-7-6-8-10-21(17)18-15(4)11-16(13-20-18)12-19-14(2)3/h11,13-14,17,19H,5-10,12H2,1-4H3. The lowest BCUT2D eigenvalue weighted by atomic mass is 10.1. The van der Waals surface area contributed by atoms with Gasteiger partial charge in [-0.2, -0.15) is 0 Å². The lowest BCUT2D eigenvalue weighted by Gasteiger charge is -2.31. The lowest BCUT2D eigenvalue weighted by Crippen LogP contribution is -2.35. The fourth-order valence-electron chi connectivity index (χ4n) is 3.23. The Morgan fingerprint density at radius 1 is 1.33 bits per heavy atom. The van der Waals surface area contributed by atoms with Crippen molar-refractivity contribution in [3.05, 3.63) is 23.4 Å². The molecule has 3 heteroatoms. The second kappa shape index (κ2) is 7.79. The van der Waals surface area contributed by atoms with E-state index in [9.17, 15) is 0 Å². The number of aromatic nitrogens is 1. The number of rotatable bonds is 5. The number of nitrogens with one attached hydrogen (secondary N) is 1. The van der Waals surface area contributed by atoms with Gasteiger partial charge in [-0.05, 0) is 43.4 Å². The van der Waals surface area contributed by atoms with E-state index in [2.05, 4.69) is 50.2 Å². The van der Waals surface area contributed by atoms with E-state index in [0.717, 1.165) is 13.1 Å². The Morgan fingerprint density at radius 3 is 2.81 bits per heavy atom. The Kier molecular flexibility index (Phi) is 6.04. The highest BCUT2D eigenvalue weighted by Gasteiger charge is 2.22. The van der Waals surface area contributed by atoms with Gasteiger partial charge in [-0.3, -0.25) is 0 Å². The maximum atomic E-state index is 4.81. The average molecular weight is 289 g/mol. The molecule has 1 N–H and O–H groups in total. The summed E-state index contributed by atoms with van der Waals surface area (Å²) in [6.07, 6.45) is 8.61. The molecule has 1 unspecified atom stereocenters. The van der Waals surface area contributed by atoms with Gasteiger partial charge in [0.05, 0.1) is 0 Å². The third-order valence-corrected chi connectivity index (χ3v) is 4.44. The van der Waals surface area contributed by atoms with Gasteiger partial charge in [0.2, 0.25) is 0 Å². The Bertz CT molecular complexity index is 442. The third kappa shape index (κ3) is 4.44.